The van der Waals surface area contributed by atoms with Crippen LogP contribution in [0.4, 0.5) is 15.2 Å². The smallest absolute Gasteiger partial charge is 0.358 e. The largest absolute Gasteiger partial charge is 0.451 e. The van der Waals surface area contributed by atoms with Gasteiger partial charge >= 0.3 is 5.97 Å². The topological polar surface area (TPSA) is 80.3 Å². The van der Waals surface area contributed by atoms with Crippen molar-refractivity contribution in [1.82, 2.24) is 4.98 Å². The molecule has 2 N–H and O–H groups in total. The summed E-state index contributed by atoms with van der Waals surface area (Å²) in [6.07, 6.45) is 0.987. The number of anilines is 2. The number of carbonyl (C=O) groups is 2. The van der Waals surface area contributed by atoms with Gasteiger partial charge < -0.3 is 15.4 Å². The lowest BCUT2D eigenvalue weighted by Crippen LogP contribution is -2.21. The maximum atomic E-state index is 13.6. The van der Waals surface area contributed by atoms with Crippen LogP contribution in [0.3, 0.4) is 0 Å². The highest BCUT2D eigenvalue weighted by molar-refractivity contribution is 7.13. The zero-order valence-corrected chi connectivity index (χ0v) is 15.9. The van der Waals surface area contributed by atoms with Crippen molar-refractivity contribution in [3.05, 3.63) is 40.1 Å². The number of hydrogen-bond acceptors (Lipinski definition) is 6. The number of hydrogen-bond donors (Lipinski definition) is 2. The third-order valence-electron chi connectivity index (χ3n) is 3.25. The lowest BCUT2D eigenvalue weighted by atomic mass is 10.1. The molecular weight excluding hydrogens is 381 g/mol. The molecule has 2 rings (SSSR count). The van der Waals surface area contributed by atoms with E-state index in [-0.39, 0.29) is 16.4 Å². The molecule has 0 aliphatic heterocycles. The van der Waals surface area contributed by atoms with Gasteiger partial charge in [-0.25, -0.2) is 14.2 Å². The lowest BCUT2D eigenvalue weighted by Gasteiger charge is -2.07. The molecule has 1 aromatic carbocycles. The van der Waals surface area contributed by atoms with Gasteiger partial charge in [-0.3, -0.25) is 4.79 Å². The molecule has 0 fully saturated rings. The molecule has 26 heavy (non-hydrogen) atoms. The summed E-state index contributed by atoms with van der Waals surface area (Å²) in [5.41, 5.74) is 0.0771. The summed E-state index contributed by atoms with van der Waals surface area (Å²) < 4.78 is 18.5. The maximum Gasteiger partial charge on any atom is 0.358 e. The third-order valence-corrected chi connectivity index (χ3v) is 4.29. The second-order valence-electron chi connectivity index (χ2n) is 5.90. The minimum absolute atomic E-state index is 0.0410. The second-order valence-corrected chi connectivity index (χ2v) is 7.19. The van der Waals surface area contributed by atoms with E-state index in [9.17, 15) is 14.0 Å². The van der Waals surface area contributed by atoms with Gasteiger partial charge in [0.15, 0.2) is 17.4 Å². The third kappa shape index (κ3) is 6.27. The molecule has 0 saturated carbocycles. The van der Waals surface area contributed by atoms with E-state index < -0.39 is 24.3 Å². The summed E-state index contributed by atoms with van der Waals surface area (Å²) >= 11 is 6.92. The first-order valence-corrected chi connectivity index (χ1v) is 9.22. The van der Waals surface area contributed by atoms with Crippen molar-refractivity contribution in [1.29, 1.82) is 0 Å². The van der Waals surface area contributed by atoms with Crippen molar-refractivity contribution in [3.63, 3.8) is 0 Å². The molecule has 140 valence electrons. The Bertz CT molecular complexity index is 782. The Morgan fingerprint density at radius 2 is 2.15 bits per heavy atom. The zero-order chi connectivity index (χ0) is 19.1. The Balaban J connectivity index is 1.80. The number of carbonyl (C=O) groups excluding carboxylic acids is 2. The van der Waals surface area contributed by atoms with Gasteiger partial charge in [0.05, 0.1) is 5.69 Å². The van der Waals surface area contributed by atoms with Crippen molar-refractivity contribution >= 4 is 45.6 Å². The average molecular weight is 400 g/mol. The first-order chi connectivity index (χ1) is 12.3. The van der Waals surface area contributed by atoms with Crippen LogP contribution in [0.25, 0.3) is 0 Å². The molecule has 1 aromatic heterocycles. The van der Waals surface area contributed by atoms with Gasteiger partial charge in [0.1, 0.15) is 5.82 Å². The SMILES string of the molecule is CC(C)CCNc1nc(C(=O)OCC(=O)Nc2ccc(Cl)cc2F)cs1. The minimum atomic E-state index is -0.718. The van der Waals surface area contributed by atoms with Gasteiger partial charge in [0.2, 0.25) is 0 Å². The molecule has 0 radical (unpaired) electrons. The van der Waals surface area contributed by atoms with E-state index >= 15 is 0 Å². The van der Waals surface area contributed by atoms with Crippen LogP contribution in [0.1, 0.15) is 30.8 Å². The van der Waals surface area contributed by atoms with Crippen molar-refractivity contribution in [2.45, 2.75) is 20.3 Å². The van der Waals surface area contributed by atoms with Crippen LogP contribution in [-0.2, 0) is 9.53 Å². The van der Waals surface area contributed by atoms with E-state index in [1.807, 2.05) is 0 Å². The van der Waals surface area contributed by atoms with Gasteiger partial charge in [-0.2, -0.15) is 0 Å². The number of nitrogens with zero attached hydrogens (tertiary/aromatic N) is 1. The Hall–Kier alpha value is -2.19. The Morgan fingerprint density at radius 1 is 1.38 bits per heavy atom. The van der Waals surface area contributed by atoms with Crippen molar-refractivity contribution < 1.29 is 18.7 Å². The molecule has 1 heterocycles. The van der Waals surface area contributed by atoms with Gasteiger partial charge in [-0.05, 0) is 30.5 Å². The number of rotatable bonds is 8. The van der Waals surface area contributed by atoms with Crippen molar-refractivity contribution in [3.8, 4) is 0 Å². The molecule has 0 bridgehead atoms. The number of amides is 1. The molecule has 9 heteroatoms. The number of esters is 1. The normalized spacial score (nSPS) is 10.7. The highest BCUT2D eigenvalue weighted by Crippen LogP contribution is 2.19. The lowest BCUT2D eigenvalue weighted by molar-refractivity contribution is -0.119. The molecule has 0 aliphatic rings. The summed E-state index contributed by atoms with van der Waals surface area (Å²) in [4.78, 5) is 27.8. The van der Waals surface area contributed by atoms with Crippen LogP contribution in [0.5, 0.6) is 0 Å². The van der Waals surface area contributed by atoms with Crippen LogP contribution >= 0.6 is 22.9 Å². The summed E-state index contributed by atoms with van der Waals surface area (Å²) in [5.74, 6) is -1.49. The number of aromatic nitrogens is 1. The minimum Gasteiger partial charge on any atom is -0.451 e. The van der Waals surface area contributed by atoms with Crippen LogP contribution < -0.4 is 10.6 Å². The van der Waals surface area contributed by atoms with E-state index in [0.29, 0.717) is 11.0 Å². The number of benzene rings is 1. The standard InChI is InChI=1S/C17H19ClFN3O3S/c1-10(2)5-6-20-17-22-14(9-26-17)16(24)25-8-15(23)21-13-4-3-11(18)7-12(13)19/h3-4,7,9-10H,5-6,8H2,1-2H3,(H,20,22)(H,21,23). The summed E-state index contributed by atoms with van der Waals surface area (Å²) in [7, 11) is 0. The van der Waals surface area contributed by atoms with Gasteiger partial charge in [0.25, 0.3) is 5.91 Å². The van der Waals surface area contributed by atoms with Crippen molar-refractivity contribution in [2.24, 2.45) is 5.92 Å². The summed E-state index contributed by atoms with van der Waals surface area (Å²) in [5, 5.41) is 7.82. The van der Waals surface area contributed by atoms with Crippen LogP contribution in [0.15, 0.2) is 23.6 Å². The predicted octanol–water partition coefficient (Wildman–Crippen LogP) is 4.19. The maximum absolute atomic E-state index is 13.6. The quantitative estimate of drug-likeness (QED) is 0.650. The molecule has 0 atom stereocenters. The molecule has 6 nitrogen and oxygen atoms in total. The van der Waals surface area contributed by atoms with Crippen LogP contribution in [-0.4, -0.2) is 30.0 Å². The first-order valence-electron chi connectivity index (χ1n) is 7.96. The molecular formula is C17H19ClFN3O3S. The van der Waals surface area contributed by atoms with Gasteiger partial charge in [0, 0.05) is 16.9 Å². The first kappa shape index (κ1) is 20.1. The van der Waals surface area contributed by atoms with Crippen molar-refractivity contribution in [2.75, 3.05) is 23.8 Å². The van der Waals surface area contributed by atoms with Gasteiger partial charge in [-0.15, -0.1) is 11.3 Å². The number of thiazole rings is 1. The number of nitrogens with one attached hydrogen (secondary N) is 2. The summed E-state index contributed by atoms with van der Waals surface area (Å²) in [6.45, 7) is 4.45. The Labute approximate surface area is 159 Å². The fraction of sp³-hybridized carbons (Fsp3) is 0.353. The zero-order valence-electron chi connectivity index (χ0n) is 14.3. The molecule has 1 amide bonds. The van der Waals surface area contributed by atoms with E-state index in [4.69, 9.17) is 16.3 Å². The Kier molecular flexibility index (Phi) is 7.35. The van der Waals surface area contributed by atoms with E-state index in [2.05, 4.69) is 29.5 Å². The fourth-order valence-corrected chi connectivity index (χ4v) is 2.77. The number of halogens is 2. The highest BCUT2D eigenvalue weighted by atomic mass is 35.5. The van der Waals surface area contributed by atoms with Crippen LogP contribution in [0, 0.1) is 11.7 Å². The molecule has 0 saturated heterocycles. The highest BCUT2D eigenvalue weighted by Gasteiger charge is 2.15. The molecule has 0 unspecified atom stereocenters. The number of ether oxygens (including phenoxy) is 1. The van der Waals surface area contributed by atoms with E-state index in [1.165, 1.54) is 23.5 Å². The van der Waals surface area contributed by atoms with Crippen LogP contribution in [0.2, 0.25) is 5.02 Å². The second kappa shape index (κ2) is 9.49. The monoisotopic (exact) mass is 399 g/mol. The molecule has 0 aliphatic carbocycles. The molecule has 0 spiro atoms. The predicted molar refractivity (Wildman–Crippen MR) is 100 cm³/mol. The fourth-order valence-electron chi connectivity index (χ4n) is 1.90. The van der Waals surface area contributed by atoms with E-state index in [1.54, 1.807) is 5.38 Å². The summed E-state index contributed by atoms with van der Waals surface area (Å²) in [6, 6.07) is 3.84. The van der Waals surface area contributed by atoms with E-state index in [0.717, 1.165) is 19.0 Å². The molecule has 2 aromatic rings. The van der Waals surface area contributed by atoms with Gasteiger partial charge in [-0.1, -0.05) is 25.4 Å². The Morgan fingerprint density at radius 3 is 2.85 bits per heavy atom. The average Bonchev–Trinajstić information content (AvgIpc) is 3.04.